The van der Waals surface area contributed by atoms with Crippen molar-refractivity contribution in [1.82, 2.24) is 5.32 Å². The lowest BCUT2D eigenvalue weighted by atomic mass is 9.87. The SMILES string of the molecule is CCc1ccc(CC)c(CC2CCNCC2)c1. The van der Waals surface area contributed by atoms with Gasteiger partial charge in [-0.25, -0.2) is 0 Å². The molecule has 1 nitrogen and oxygen atoms in total. The number of nitrogens with one attached hydrogen (secondary N) is 1. The van der Waals surface area contributed by atoms with E-state index in [0.717, 1.165) is 12.3 Å². The number of piperidine rings is 1. The fourth-order valence-electron chi connectivity index (χ4n) is 2.83. The van der Waals surface area contributed by atoms with Crippen LogP contribution >= 0.6 is 0 Å². The minimum absolute atomic E-state index is 0.897. The van der Waals surface area contributed by atoms with Crippen molar-refractivity contribution in [2.45, 2.75) is 46.0 Å². The molecule has 0 spiro atoms. The summed E-state index contributed by atoms with van der Waals surface area (Å²) >= 11 is 0. The number of rotatable bonds is 4. The van der Waals surface area contributed by atoms with Gasteiger partial charge in [-0.05, 0) is 67.8 Å². The highest BCUT2D eigenvalue weighted by atomic mass is 14.9. The molecule has 1 aliphatic rings. The Bertz CT molecular complexity index is 351. The zero-order chi connectivity index (χ0) is 12.1. The van der Waals surface area contributed by atoms with E-state index >= 15 is 0 Å². The number of benzene rings is 1. The van der Waals surface area contributed by atoms with Crippen molar-refractivity contribution in [1.29, 1.82) is 0 Å². The van der Waals surface area contributed by atoms with Gasteiger partial charge in [-0.15, -0.1) is 0 Å². The first-order valence-electron chi connectivity index (χ1n) is 7.14. The Morgan fingerprint density at radius 1 is 1.06 bits per heavy atom. The maximum absolute atomic E-state index is 3.45. The maximum atomic E-state index is 3.45. The Morgan fingerprint density at radius 3 is 2.47 bits per heavy atom. The topological polar surface area (TPSA) is 12.0 Å². The third-order valence-corrected chi connectivity index (χ3v) is 4.03. The van der Waals surface area contributed by atoms with Crippen LogP contribution in [-0.2, 0) is 19.3 Å². The van der Waals surface area contributed by atoms with Crippen molar-refractivity contribution in [3.8, 4) is 0 Å². The van der Waals surface area contributed by atoms with Gasteiger partial charge in [-0.3, -0.25) is 0 Å². The molecule has 17 heavy (non-hydrogen) atoms. The van der Waals surface area contributed by atoms with Gasteiger partial charge in [0.1, 0.15) is 0 Å². The third-order valence-electron chi connectivity index (χ3n) is 4.03. The number of aryl methyl sites for hydroxylation is 2. The van der Waals surface area contributed by atoms with Crippen molar-refractivity contribution < 1.29 is 0 Å². The molecule has 1 aromatic carbocycles. The van der Waals surface area contributed by atoms with Gasteiger partial charge in [0.25, 0.3) is 0 Å². The Labute approximate surface area is 106 Å². The van der Waals surface area contributed by atoms with Crippen molar-refractivity contribution in [3.63, 3.8) is 0 Å². The molecule has 2 rings (SSSR count). The van der Waals surface area contributed by atoms with Crippen LogP contribution in [0.15, 0.2) is 18.2 Å². The molecule has 0 atom stereocenters. The van der Waals surface area contributed by atoms with Gasteiger partial charge in [0.15, 0.2) is 0 Å². The van der Waals surface area contributed by atoms with Crippen LogP contribution in [-0.4, -0.2) is 13.1 Å². The van der Waals surface area contributed by atoms with Crippen LogP contribution in [0.3, 0.4) is 0 Å². The Balaban J connectivity index is 2.11. The highest BCUT2D eigenvalue weighted by Crippen LogP contribution is 2.22. The van der Waals surface area contributed by atoms with Crippen LogP contribution in [0.4, 0.5) is 0 Å². The molecular formula is C16H25N. The summed E-state index contributed by atoms with van der Waals surface area (Å²) in [7, 11) is 0. The highest BCUT2D eigenvalue weighted by molar-refractivity contribution is 5.32. The van der Waals surface area contributed by atoms with Gasteiger partial charge in [0, 0.05) is 0 Å². The van der Waals surface area contributed by atoms with Crippen molar-refractivity contribution >= 4 is 0 Å². The van der Waals surface area contributed by atoms with E-state index in [0.29, 0.717) is 0 Å². The van der Waals surface area contributed by atoms with Gasteiger partial charge >= 0.3 is 0 Å². The molecule has 0 radical (unpaired) electrons. The summed E-state index contributed by atoms with van der Waals surface area (Å²) in [5.74, 6) is 0.897. The largest absolute Gasteiger partial charge is 0.317 e. The zero-order valence-electron chi connectivity index (χ0n) is 11.3. The predicted molar refractivity (Wildman–Crippen MR) is 74.5 cm³/mol. The monoisotopic (exact) mass is 231 g/mol. The quantitative estimate of drug-likeness (QED) is 0.838. The molecule has 1 aromatic rings. The maximum Gasteiger partial charge on any atom is -0.00462 e. The molecule has 0 unspecified atom stereocenters. The molecule has 1 aliphatic heterocycles. The average molecular weight is 231 g/mol. The van der Waals surface area contributed by atoms with Gasteiger partial charge < -0.3 is 5.32 Å². The van der Waals surface area contributed by atoms with E-state index in [1.807, 2.05) is 0 Å². The van der Waals surface area contributed by atoms with Crippen LogP contribution in [0.2, 0.25) is 0 Å². The molecule has 0 amide bonds. The molecule has 1 N–H and O–H groups in total. The first-order chi connectivity index (χ1) is 8.33. The smallest absolute Gasteiger partial charge is 0.00462 e. The van der Waals surface area contributed by atoms with Gasteiger partial charge in [-0.1, -0.05) is 32.0 Å². The third kappa shape index (κ3) is 3.32. The highest BCUT2D eigenvalue weighted by Gasteiger charge is 2.15. The molecule has 0 aromatic heterocycles. The summed E-state index contributed by atoms with van der Waals surface area (Å²) in [4.78, 5) is 0. The molecular weight excluding hydrogens is 206 g/mol. The first kappa shape index (κ1) is 12.6. The summed E-state index contributed by atoms with van der Waals surface area (Å²) in [6.07, 6.45) is 6.31. The lowest BCUT2D eigenvalue weighted by Crippen LogP contribution is -2.28. The van der Waals surface area contributed by atoms with E-state index in [1.54, 1.807) is 11.1 Å². The summed E-state index contributed by atoms with van der Waals surface area (Å²) in [6, 6.07) is 7.08. The van der Waals surface area contributed by atoms with Gasteiger partial charge in [-0.2, -0.15) is 0 Å². The van der Waals surface area contributed by atoms with Crippen LogP contribution in [0, 0.1) is 5.92 Å². The molecule has 0 bridgehead atoms. The molecule has 0 saturated carbocycles. The minimum Gasteiger partial charge on any atom is -0.317 e. The Kier molecular flexibility index (Phi) is 4.61. The second-order valence-corrected chi connectivity index (χ2v) is 5.21. The van der Waals surface area contributed by atoms with Crippen LogP contribution < -0.4 is 5.32 Å². The van der Waals surface area contributed by atoms with E-state index in [9.17, 15) is 0 Å². The standard InChI is InChI=1S/C16H25N/c1-3-13-5-6-15(4-2)16(11-13)12-14-7-9-17-10-8-14/h5-6,11,14,17H,3-4,7-10,12H2,1-2H3. The predicted octanol–water partition coefficient (Wildman–Crippen LogP) is 3.35. The van der Waals surface area contributed by atoms with Crippen LogP contribution in [0.5, 0.6) is 0 Å². The lowest BCUT2D eigenvalue weighted by Gasteiger charge is -2.23. The summed E-state index contributed by atoms with van der Waals surface area (Å²) in [6.45, 7) is 6.93. The lowest BCUT2D eigenvalue weighted by molar-refractivity contribution is 0.372. The zero-order valence-corrected chi connectivity index (χ0v) is 11.3. The molecule has 0 aliphatic carbocycles. The van der Waals surface area contributed by atoms with Crippen LogP contribution in [0.25, 0.3) is 0 Å². The first-order valence-corrected chi connectivity index (χ1v) is 7.14. The van der Waals surface area contributed by atoms with E-state index in [-0.39, 0.29) is 0 Å². The molecule has 1 fully saturated rings. The fraction of sp³-hybridized carbons (Fsp3) is 0.625. The normalized spacial score (nSPS) is 17.3. The van der Waals surface area contributed by atoms with Crippen molar-refractivity contribution in [2.75, 3.05) is 13.1 Å². The average Bonchev–Trinajstić information content (AvgIpc) is 2.40. The molecule has 1 saturated heterocycles. The van der Waals surface area contributed by atoms with E-state index in [4.69, 9.17) is 0 Å². The summed E-state index contributed by atoms with van der Waals surface area (Å²) in [5.41, 5.74) is 4.66. The van der Waals surface area contributed by atoms with E-state index in [1.165, 1.54) is 44.3 Å². The fourth-order valence-corrected chi connectivity index (χ4v) is 2.83. The van der Waals surface area contributed by atoms with Crippen LogP contribution in [0.1, 0.15) is 43.4 Å². The second-order valence-electron chi connectivity index (χ2n) is 5.21. The van der Waals surface area contributed by atoms with Crippen molar-refractivity contribution in [2.24, 2.45) is 5.92 Å². The number of hydrogen-bond acceptors (Lipinski definition) is 1. The van der Waals surface area contributed by atoms with Gasteiger partial charge in [0.2, 0.25) is 0 Å². The van der Waals surface area contributed by atoms with Gasteiger partial charge in [0.05, 0.1) is 0 Å². The number of hydrogen-bond donors (Lipinski definition) is 1. The van der Waals surface area contributed by atoms with Crippen molar-refractivity contribution in [3.05, 3.63) is 34.9 Å². The molecule has 1 heterocycles. The Morgan fingerprint density at radius 2 is 1.82 bits per heavy atom. The minimum atomic E-state index is 0.897. The molecule has 94 valence electrons. The summed E-state index contributed by atoms with van der Waals surface area (Å²) < 4.78 is 0. The molecule has 1 heteroatoms. The second kappa shape index (κ2) is 6.20. The summed E-state index contributed by atoms with van der Waals surface area (Å²) in [5, 5.41) is 3.45. The van der Waals surface area contributed by atoms with E-state index in [2.05, 4.69) is 37.4 Å². The van der Waals surface area contributed by atoms with E-state index < -0.39 is 0 Å². The Hall–Kier alpha value is -0.820.